The highest BCUT2D eigenvalue weighted by molar-refractivity contribution is 6.29. The molecule has 0 bridgehead atoms. The second kappa shape index (κ2) is 11.3. The van der Waals surface area contributed by atoms with Crippen molar-refractivity contribution in [3.05, 3.63) is 194 Å². The maximum Gasteiger partial charge on any atom is 0.0548 e. The summed E-state index contributed by atoms with van der Waals surface area (Å²) < 4.78 is 4.85. The van der Waals surface area contributed by atoms with Gasteiger partial charge in [0, 0.05) is 32.9 Å². The number of nitrogens with zero attached hydrogens (tertiary/aromatic N) is 2. The highest BCUT2D eigenvalue weighted by Gasteiger charge is 2.21. The molecule has 0 aliphatic carbocycles. The molecule has 11 rings (SSSR count). The molecule has 242 valence electrons. The van der Waals surface area contributed by atoms with E-state index in [4.69, 9.17) is 0 Å². The summed E-state index contributed by atoms with van der Waals surface area (Å²) in [6, 6.07) is 70.8. The lowest BCUT2D eigenvalue weighted by Crippen LogP contribution is -1.95. The van der Waals surface area contributed by atoms with Gasteiger partial charge in [0.15, 0.2) is 0 Å². The smallest absolute Gasteiger partial charge is 0.0548 e. The quantitative estimate of drug-likeness (QED) is 0.166. The standard InChI is InChI=1S/C50H32N2/c1-3-15-33(16-4-1)47-37-19-7-9-21-39(37)48(40-22-10-8-20-38(40)47)34-27-29-36(30-28-34)52-44-26-14-12-24-42(44)50-46(52)32-31-45-49(50)41-23-11-13-25-43(41)51(45)35-17-5-2-6-18-35/h1-32H. The van der Waals surface area contributed by atoms with E-state index >= 15 is 0 Å². The van der Waals surface area contributed by atoms with E-state index in [0.717, 1.165) is 5.69 Å². The second-order valence-corrected chi connectivity index (χ2v) is 13.6. The molecule has 0 saturated heterocycles. The van der Waals surface area contributed by atoms with Crippen LogP contribution in [0.5, 0.6) is 0 Å². The molecule has 0 unspecified atom stereocenters. The highest BCUT2D eigenvalue weighted by Crippen LogP contribution is 2.45. The second-order valence-electron chi connectivity index (χ2n) is 13.6. The van der Waals surface area contributed by atoms with Crippen molar-refractivity contribution in [2.24, 2.45) is 0 Å². The van der Waals surface area contributed by atoms with Gasteiger partial charge in [-0.3, -0.25) is 0 Å². The number of hydrogen-bond donors (Lipinski definition) is 0. The van der Waals surface area contributed by atoms with E-state index in [9.17, 15) is 0 Å². The largest absolute Gasteiger partial charge is 0.309 e. The van der Waals surface area contributed by atoms with Crippen LogP contribution in [0.1, 0.15) is 0 Å². The molecule has 2 heteroatoms. The fraction of sp³-hybridized carbons (Fsp3) is 0. The Morgan fingerprint density at radius 2 is 0.577 bits per heavy atom. The fourth-order valence-electron chi connectivity index (χ4n) is 8.78. The number of benzene rings is 9. The Hall–Kier alpha value is -6.90. The molecule has 0 amide bonds. The third-order valence-corrected chi connectivity index (χ3v) is 10.9. The summed E-state index contributed by atoms with van der Waals surface area (Å²) in [6.45, 7) is 0. The molecule has 2 aromatic heterocycles. The van der Waals surface area contributed by atoms with Crippen molar-refractivity contribution >= 4 is 65.2 Å². The molecule has 11 aromatic rings. The lowest BCUT2D eigenvalue weighted by molar-refractivity contribution is 1.17. The normalized spacial score (nSPS) is 11.8. The number of hydrogen-bond acceptors (Lipinski definition) is 0. The van der Waals surface area contributed by atoms with Crippen LogP contribution in [0.25, 0.3) is 98.8 Å². The molecule has 52 heavy (non-hydrogen) atoms. The topological polar surface area (TPSA) is 9.86 Å². The van der Waals surface area contributed by atoms with Crippen LogP contribution in [0.3, 0.4) is 0 Å². The summed E-state index contributed by atoms with van der Waals surface area (Å²) in [5.41, 5.74) is 12.2. The Morgan fingerprint density at radius 3 is 1.04 bits per heavy atom. The monoisotopic (exact) mass is 660 g/mol. The van der Waals surface area contributed by atoms with Gasteiger partial charge < -0.3 is 9.13 Å². The van der Waals surface area contributed by atoms with E-state index in [-0.39, 0.29) is 0 Å². The fourth-order valence-corrected chi connectivity index (χ4v) is 8.78. The molecule has 9 aromatic carbocycles. The first-order valence-corrected chi connectivity index (χ1v) is 18.0. The average Bonchev–Trinajstić information content (AvgIpc) is 3.73. The van der Waals surface area contributed by atoms with Crippen molar-refractivity contribution in [3.63, 3.8) is 0 Å². The Balaban J connectivity index is 1.15. The summed E-state index contributed by atoms with van der Waals surface area (Å²) in [5, 5.41) is 10.2. The zero-order chi connectivity index (χ0) is 34.2. The number of rotatable bonds is 4. The SMILES string of the molecule is c1ccc(-c2c3ccccc3c(-c3ccc(-n4c5ccccc5c5c6c7ccccc7n(-c7ccccc7)c6ccc54)cc3)c3ccccc23)cc1. The maximum absolute atomic E-state index is 2.44. The highest BCUT2D eigenvalue weighted by atomic mass is 15.0. The average molecular weight is 661 g/mol. The van der Waals surface area contributed by atoms with E-state index in [1.54, 1.807) is 0 Å². The first kappa shape index (κ1) is 28.9. The predicted molar refractivity (Wildman–Crippen MR) is 221 cm³/mol. The van der Waals surface area contributed by atoms with Crippen LogP contribution in [0, 0.1) is 0 Å². The maximum atomic E-state index is 2.44. The van der Waals surface area contributed by atoms with Crippen LogP contribution in [-0.4, -0.2) is 9.13 Å². The minimum atomic E-state index is 1.15. The zero-order valence-corrected chi connectivity index (χ0v) is 28.4. The molecular weight excluding hydrogens is 629 g/mol. The van der Waals surface area contributed by atoms with E-state index < -0.39 is 0 Å². The van der Waals surface area contributed by atoms with E-state index in [1.807, 2.05) is 0 Å². The van der Waals surface area contributed by atoms with Crippen LogP contribution in [0.15, 0.2) is 194 Å². The van der Waals surface area contributed by atoms with Gasteiger partial charge in [-0.05, 0) is 92.3 Å². The molecule has 0 spiro atoms. The first-order chi connectivity index (χ1) is 25.8. The van der Waals surface area contributed by atoms with Crippen molar-refractivity contribution in [2.45, 2.75) is 0 Å². The van der Waals surface area contributed by atoms with Gasteiger partial charge in [0.1, 0.15) is 0 Å². The molecule has 0 N–H and O–H groups in total. The van der Waals surface area contributed by atoms with Gasteiger partial charge in [0.25, 0.3) is 0 Å². The molecule has 0 aliphatic heterocycles. The molecule has 2 heterocycles. The van der Waals surface area contributed by atoms with Gasteiger partial charge >= 0.3 is 0 Å². The summed E-state index contributed by atoms with van der Waals surface area (Å²) in [7, 11) is 0. The van der Waals surface area contributed by atoms with Crippen LogP contribution in [0.2, 0.25) is 0 Å². The number of aromatic nitrogens is 2. The van der Waals surface area contributed by atoms with Gasteiger partial charge in [-0.1, -0.05) is 146 Å². The third kappa shape index (κ3) is 4.12. The van der Waals surface area contributed by atoms with Gasteiger partial charge in [-0.2, -0.15) is 0 Å². The Kier molecular flexibility index (Phi) is 6.28. The molecule has 0 aliphatic rings. The van der Waals surface area contributed by atoms with E-state index in [2.05, 4.69) is 203 Å². The van der Waals surface area contributed by atoms with Crippen molar-refractivity contribution in [3.8, 4) is 33.6 Å². The van der Waals surface area contributed by atoms with Crippen molar-refractivity contribution < 1.29 is 0 Å². The lowest BCUT2D eigenvalue weighted by Gasteiger charge is -2.18. The van der Waals surface area contributed by atoms with Crippen molar-refractivity contribution in [2.75, 3.05) is 0 Å². The summed E-state index contributed by atoms with van der Waals surface area (Å²) in [5.74, 6) is 0. The van der Waals surface area contributed by atoms with Gasteiger partial charge in [0.2, 0.25) is 0 Å². The summed E-state index contributed by atoms with van der Waals surface area (Å²) >= 11 is 0. The van der Waals surface area contributed by atoms with Crippen molar-refractivity contribution in [1.29, 1.82) is 0 Å². The zero-order valence-electron chi connectivity index (χ0n) is 28.4. The first-order valence-electron chi connectivity index (χ1n) is 18.0. The Bertz CT molecular complexity index is 3090. The van der Waals surface area contributed by atoms with Gasteiger partial charge in [-0.25, -0.2) is 0 Å². The van der Waals surface area contributed by atoms with E-state index in [0.29, 0.717) is 0 Å². The minimum Gasteiger partial charge on any atom is -0.309 e. The lowest BCUT2D eigenvalue weighted by atomic mass is 9.86. The minimum absolute atomic E-state index is 1.15. The summed E-state index contributed by atoms with van der Waals surface area (Å²) in [6.07, 6.45) is 0. The molecule has 2 nitrogen and oxygen atoms in total. The molecule has 0 saturated carbocycles. The molecule has 0 atom stereocenters. The van der Waals surface area contributed by atoms with Crippen molar-refractivity contribution in [1.82, 2.24) is 9.13 Å². The Labute approximate surface area is 301 Å². The number of para-hydroxylation sites is 3. The van der Waals surface area contributed by atoms with Crippen LogP contribution in [0.4, 0.5) is 0 Å². The van der Waals surface area contributed by atoms with Crippen LogP contribution in [-0.2, 0) is 0 Å². The number of fused-ring (bicyclic) bond motifs is 9. The van der Waals surface area contributed by atoms with Gasteiger partial charge in [-0.15, -0.1) is 0 Å². The molecular formula is C50H32N2. The summed E-state index contributed by atoms with van der Waals surface area (Å²) in [4.78, 5) is 0. The predicted octanol–water partition coefficient (Wildman–Crippen LogP) is 13.5. The third-order valence-electron chi connectivity index (χ3n) is 10.9. The van der Waals surface area contributed by atoms with Crippen LogP contribution >= 0.6 is 0 Å². The molecule has 0 radical (unpaired) electrons. The molecule has 0 fully saturated rings. The van der Waals surface area contributed by atoms with E-state index in [1.165, 1.54) is 93.1 Å². The Morgan fingerprint density at radius 1 is 0.231 bits per heavy atom. The van der Waals surface area contributed by atoms with Crippen LogP contribution < -0.4 is 0 Å². The van der Waals surface area contributed by atoms with Gasteiger partial charge in [0.05, 0.1) is 22.1 Å².